The topological polar surface area (TPSA) is 91.7 Å². The average Bonchev–Trinajstić information content (AvgIpc) is 3.03. The van der Waals surface area contributed by atoms with Crippen LogP contribution in [0.4, 0.5) is 0 Å². The highest BCUT2D eigenvalue weighted by Gasteiger charge is 2.67. The van der Waals surface area contributed by atoms with Crippen LogP contribution in [0, 0.1) is 39.4 Å². The van der Waals surface area contributed by atoms with Crippen molar-refractivity contribution in [1.29, 1.82) is 0 Å². The van der Waals surface area contributed by atoms with Gasteiger partial charge in [-0.25, -0.2) is 4.79 Å². The van der Waals surface area contributed by atoms with E-state index in [1.54, 1.807) is 6.92 Å². The van der Waals surface area contributed by atoms with Crippen LogP contribution in [0.25, 0.3) is 0 Å². The van der Waals surface area contributed by atoms with E-state index in [2.05, 4.69) is 27.7 Å². The first kappa shape index (κ1) is 26.3. The molecule has 0 bridgehead atoms. The first-order chi connectivity index (χ1) is 16.1. The van der Waals surface area contributed by atoms with Gasteiger partial charge < -0.3 is 10.2 Å². The molecule has 0 aliphatic heterocycles. The molecule has 0 aromatic heterocycles. The van der Waals surface area contributed by atoms with Gasteiger partial charge in [0.2, 0.25) is 0 Å². The number of hydrogen-bond donors (Lipinski definition) is 2. The summed E-state index contributed by atoms with van der Waals surface area (Å²) in [5, 5.41) is 20.9. The van der Waals surface area contributed by atoms with E-state index >= 15 is 0 Å². The van der Waals surface area contributed by atoms with Crippen LogP contribution >= 0.6 is 0 Å². The summed E-state index contributed by atoms with van der Waals surface area (Å²) >= 11 is 0. The minimum atomic E-state index is -0.872. The van der Waals surface area contributed by atoms with Gasteiger partial charge in [-0.2, -0.15) is 0 Å². The summed E-state index contributed by atoms with van der Waals surface area (Å²) in [5.41, 5.74) is 0.849. The number of Topliss-reactive ketones (excluding diaryl/α,β-unsaturated/α-hetero) is 2. The summed E-state index contributed by atoms with van der Waals surface area (Å²) in [6.07, 6.45) is 6.97. The van der Waals surface area contributed by atoms with Gasteiger partial charge >= 0.3 is 5.97 Å². The molecule has 4 aliphatic rings. The van der Waals surface area contributed by atoms with Crippen molar-refractivity contribution in [2.45, 2.75) is 106 Å². The summed E-state index contributed by atoms with van der Waals surface area (Å²) in [5.74, 6) is 0.166. The highest BCUT2D eigenvalue weighted by atomic mass is 16.4. The van der Waals surface area contributed by atoms with Crippen LogP contribution in [-0.4, -0.2) is 33.9 Å². The number of carboxylic acids is 1. The fourth-order valence-corrected chi connectivity index (χ4v) is 9.05. The smallest absolute Gasteiger partial charge is 0.330 e. The quantitative estimate of drug-likeness (QED) is 0.474. The maximum atomic E-state index is 13.9. The number of fused-ring (bicyclic) bond motifs is 4. The van der Waals surface area contributed by atoms with Gasteiger partial charge in [-0.3, -0.25) is 9.59 Å². The summed E-state index contributed by atoms with van der Waals surface area (Å²) in [4.78, 5) is 37.9. The standard InChI is InChI=1S/C30H44O5/c1-17(9-8-10-18(2)26(34)35)19-11-14-29(6)25-20(31)15-22-27(3,4)23(33)12-13-28(22,5)24(25)21(32)16-30(19,29)7/h10,17,19,21-22,32H,8-9,11-16H2,1-7H3,(H,34,35)/b18-10-/t17-,19-,21?,22+,28+,29+,30-/m1/s1. The van der Waals surface area contributed by atoms with Crippen LogP contribution in [0.1, 0.15) is 99.8 Å². The zero-order chi connectivity index (χ0) is 26.1. The number of aliphatic hydroxyl groups excluding tert-OH is 1. The second-order valence-corrected chi connectivity index (χ2v) is 13.4. The highest BCUT2D eigenvalue weighted by Crippen LogP contribution is 2.71. The highest BCUT2D eigenvalue weighted by molar-refractivity contribution is 6.01. The minimum Gasteiger partial charge on any atom is -0.478 e. The van der Waals surface area contributed by atoms with E-state index in [0.717, 1.165) is 36.8 Å². The summed E-state index contributed by atoms with van der Waals surface area (Å²) in [7, 11) is 0. The summed E-state index contributed by atoms with van der Waals surface area (Å²) in [6, 6.07) is 0. The lowest BCUT2D eigenvalue weighted by Gasteiger charge is -2.61. The van der Waals surface area contributed by atoms with E-state index in [-0.39, 0.29) is 33.7 Å². The molecule has 194 valence electrons. The molecule has 2 saturated carbocycles. The predicted octanol–water partition coefficient (Wildman–Crippen LogP) is 5.90. The first-order valence-corrected chi connectivity index (χ1v) is 13.5. The number of carbonyl (C=O) groups is 3. The molecule has 0 amide bonds. The van der Waals surface area contributed by atoms with Crippen molar-refractivity contribution in [2.24, 2.45) is 39.4 Å². The van der Waals surface area contributed by atoms with E-state index in [4.69, 9.17) is 5.11 Å². The van der Waals surface area contributed by atoms with Crippen LogP contribution < -0.4 is 0 Å². The summed E-state index contributed by atoms with van der Waals surface area (Å²) < 4.78 is 0. The second kappa shape index (κ2) is 8.39. The molecule has 4 rings (SSSR count). The van der Waals surface area contributed by atoms with Gasteiger partial charge in [-0.15, -0.1) is 0 Å². The zero-order valence-corrected chi connectivity index (χ0v) is 22.7. The molecule has 7 atom stereocenters. The lowest BCUT2D eigenvalue weighted by molar-refractivity contribution is -0.144. The minimum absolute atomic E-state index is 0.0644. The monoisotopic (exact) mass is 484 g/mol. The maximum absolute atomic E-state index is 13.9. The number of carboxylic acid groups (broad SMARTS) is 1. The largest absolute Gasteiger partial charge is 0.478 e. The lowest BCUT2D eigenvalue weighted by Crippen LogP contribution is -2.59. The predicted molar refractivity (Wildman–Crippen MR) is 136 cm³/mol. The van der Waals surface area contributed by atoms with E-state index in [1.807, 2.05) is 19.9 Å². The number of rotatable bonds is 5. The fourth-order valence-electron chi connectivity index (χ4n) is 9.05. The van der Waals surface area contributed by atoms with Gasteiger partial charge in [0.25, 0.3) is 0 Å². The molecule has 4 aliphatic carbocycles. The van der Waals surface area contributed by atoms with E-state index in [9.17, 15) is 19.5 Å². The van der Waals surface area contributed by atoms with Gasteiger partial charge in [-0.1, -0.05) is 47.6 Å². The van der Waals surface area contributed by atoms with Crippen molar-refractivity contribution in [1.82, 2.24) is 0 Å². The molecule has 0 aromatic carbocycles. The molecule has 0 heterocycles. The van der Waals surface area contributed by atoms with Crippen LogP contribution in [0.15, 0.2) is 22.8 Å². The third-order valence-corrected chi connectivity index (χ3v) is 11.4. The van der Waals surface area contributed by atoms with Crippen LogP contribution in [0.3, 0.4) is 0 Å². The molecule has 0 aromatic rings. The maximum Gasteiger partial charge on any atom is 0.330 e. The Morgan fingerprint density at radius 1 is 1.14 bits per heavy atom. The Hall–Kier alpha value is -1.75. The molecular weight excluding hydrogens is 440 g/mol. The normalized spacial score (nSPS) is 41.8. The Kier molecular flexibility index (Phi) is 6.31. The average molecular weight is 485 g/mol. The Morgan fingerprint density at radius 2 is 1.80 bits per heavy atom. The van der Waals surface area contributed by atoms with Gasteiger partial charge in [0.1, 0.15) is 5.78 Å². The van der Waals surface area contributed by atoms with Crippen molar-refractivity contribution in [3.63, 3.8) is 0 Å². The third-order valence-electron chi connectivity index (χ3n) is 11.4. The molecule has 0 saturated heterocycles. The second-order valence-electron chi connectivity index (χ2n) is 13.4. The van der Waals surface area contributed by atoms with Gasteiger partial charge in [0, 0.05) is 34.8 Å². The molecule has 0 spiro atoms. The van der Waals surface area contributed by atoms with Gasteiger partial charge in [-0.05, 0) is 79.6 Å². The van der Waals surface area contributed by atoms with E-state index < -0.39 is 17.5 Å². The molecule has 2 N–H and O–H groups in total. The lowest BCUT2D eigenvalue weighted by atomic mass is 9.42. The molecular formula is C30H44O5. The molecule has 5 nitrogen and oxygen atoms in total. The molecule has 5 heteroatoms. The number of allylic oxidation sites excluding steroid dienone is 2. The number of aliphatic hydroxyl groups is 1. The third kappa shape index (κ3) is 3.62. The Labute approximate surface area is 210 Å². The van der Waals surface area contributed by atoms with Crippen molar-refractivity contribution in [3.8, 4) is 0 Å². The van der Waals surface area contributed by atoms with E-state index in [0.29, 0.717) is 43.1 Å². The van der Waals surface area contributed by atoms with Crippen molar-refractivity contribution >= 4 is 17.5 Å². The summed E-state index contributed by atoms with van der Waals surface area (Å²) in [6.45, 7) is 14.6. The Bertz CT molecular complexity index is 1020. The zero-order valence-electron chi connectivity index (χ0n) is 22.7. The number of carbonyl (C=O) groups excluding carboxylic acids is 2. The number of ketones is 2. The number of aliphatic carboxylic acids is 1. The van der Waals surface area contributed by atoms with Crippen LogP contribution in [0.2, 0.25) is 0 Å². The van der Waals surface area contributed by atoms with Gasteiger partial charge in [0.05, 0.1) is 6.10 Å². The van der Waals surface area contributed by atoms with Crippen LogP contribution in [-0.2, 0) is 14.4 Å². The molecule has 0 radical (unpaired) electrons. The molecule has 1 unspecified atom stereocenters. The van der Waals surface area contributed by atoms with Crippen molar-refractivity contribution in [2.75, 3.05) is 0 Å². The van der Waals surface area contributed by atoms with Crippen molar-refractivity contribution < 1.29 is 24.6 Å². The fraction of sp³-hybridized carbons (Fsp3) is 0.767. The Morgan fingerprint density at radius 3 is 2.43 bits per heavy atom. The molecule has 2 fully saturated rings. The first-order valence-electron chi connectivity index (χ1n) is 13.5. The number of hydrogen-bond acceptors (Lipinski definition) is 4. The SMILES string of the molecule is C/C(=C/CC[C@@H](C)[C@H]1CC[C@@]2(C)C3=C(C(O)C[C@]12C)[C@@]1(C)CCC(=O)C(C)(C)[C@@H]1CC3=O)C(=O)O. The van der Waals surface area contributed by atoms with Crippen LogP contribution in [0.5, 0.6) is 0 Å². The molecule has 35 heavy (non-hydrogen) atoms. The van der Waals surface area contributed by atoms with E-state index in [1.165, 1.54) is 0 Å². The van der Waals surface area contributed by atoms with Crippen molar-refractivity contribution in [3.05, 3.63) is 22.8 Å². The van der Waals surface area contributed by atoms with Gasteiger partial charge in [0.15, 0.2) is 5.78 Å². The Balaban J connectivity index is 1.71.